The number of anilines is 1. The summed E-state index contributed by atoms with van der Waals surface area (Å²) >= 11 is 0. The monoisotopic (exact) mass is 354 g/mol. The quantitative estimate of drug-likeness (QED) is 0.851. The number of carbonyl (C=O) groups excluding carboxylic acids is 1. The van der Waals surface area contributed by atoms with Crippen LogP contribution in [0, 0.1) is 5.92 Å². The Hall–Kier alpha value is -2.11. The molecule has 2 saturated heterocycles. The van der Waals surface area contributed by atoms with Crippen molar-refractivity contribution in [3.63, 3.8) is 0 Å². The first-order valence-electron chi connectivity index (χ1n) is 9.87. The largest absolute Gasteiger partial charge is 0.366 e. The third kappa shape index (κ3) is 2.20. The molecule has 6 heteroatoms. The maximum Gasteiger partial charge on any atom is 0.229 e. The molecule has 2 aromatic rings. The van der Waals surface area contributed by atoms with E-state index in [4.69, 9.17) is 0 Å². The van der Waals surface area contributed by atoms with Crippen molar-refractivity contribution in [3.05, 3.63) is 30.1 Å². The van der Waals surface area contributed by atoms with E-state index in [2.05, 4.69) is 28.3 Å². The molecule has 4 fully saturated rings. The third-order valence-corrected chi connectivity index (χ3v) is 6.66. The van der Waals surface area contributed by atoms with E-state index in [0.29, 0.717) is 12.3 Å². The van der Waals surface area contributed by atoms with Gasteiger partial charge in [-0.3, -0.25) is 4.79 Å². The van der Waals surface area contributed by atoms with Gasteiger partial charge in [-0.15, -0.1) is 0 Å². The van der Waals surface area contributed by atoms with Crippen LogP contribution in [0.15, 0.2) is 24.5 Å². The SMILES string of the molecule is O=C([C@@H]1C[C@H]1F)N1C2CCC1CN(c1ccnn3cc(C4CC4)cc13)C2. The lowest BCUT2D eigenvalue weighted by molar-refractivity contribution is -0.136. The number of amides is 1. The molecule has 2 bridgehead atoms. The summed E-state index contributed by atoms with van der Waals surface area (Å²) in [4.78, 5) is 17.1. The zero-order valence-electron chi connectivity index (χ0n) is 14.7. The zero-order chi connectivity index (χ0) is 17.4. The van der Waals surface area contributed by atoms with Gasteiger partial charge in [0.25, 0.3) is 0 Å². The second kappa shape index (κ2) is 5.21. The minimum absolute atomic E-state index is 0.0585. The van der Waals surface area contributed by atoms with E-state index in [-0.39, 0.29) is 23.9 Å². The molecule has 4 aliphatic rings. The molecule has 0 spiro atoms. The second-order valence-corrected chi connectivity index (χ2v) is 8.49. The number of aromatic nitrogens is 2. The van der Waals surface area contributed by atoms with Crippen LogP contribution < -0.4 is 4.90 Å². The molecule has 4 atom stereocenters. The van der Waals surface area contributed by atoms with Crippen LogP contribution in [0.25, 0.3) is 5.52 Å². The molecule has 4 heterocycles. The van der Waals surface area contributed by atoms with Gasteiger partial charge in [0.2, 0.25) is 5.91 Å². The maximum atomic E-state index is 13.4. The van der Waals surface area contributed by atoms with Crippen molar-refractivity contribution in [2.45, 2.75) is 56.3 Å². The van der Waals surface area contributed by atoms with Crippen LogP contribution in [0.1, 0.15) is 43.6 Å². The number of hydrogen-bond acceptors (Lipinski definition) is 3. The highest BCUT2D eigenvalue weighted by Gasteiger charge is 2.51. The number of alkyl halides is 1. The van der Waals surface area contributed by atoms with E-state index < -0.39 is 6.17 Å². The van der Waals surface area contributed by atoms with Gasteiger partial charge < -0.3 is 9.80 Å². The van der Waals surface area contributed by atoms with E-state index in [1.54, 1.807) is 0 Å². The number of nitrogens with zero attached hydrogens (tertiary/aromatic N) is 4. The molecule has 2 aromatic heterocycles. The van der Waals surface area contributed by atoms with E-state index in [1.807, 2.05) is 15.6 Å². The Balaban J connectivity index is 1.30. The number of halogens is 1. The highest BCUT2D eigenvalue weighted by atomic mass is 19.1. The Bertz CT molecular complexity index is 877. The fourth-order valence-corrected chi connectivity index (χ4v) is 5.00. The standard InChI is InChI=1S/C20H23FN4O/c21-17-8-16(17)20(26)25-14-3-4-15(25)11-23(10-14)18-5-6-22-24-9-13(7-19(18)24)12-1-2-12/h5-7,9,12,14-17H,1-4,8,10-11H2/t14?,15?,16-,17-/m1/s1. The summed E-state index contributed by atoms with van der Waals surface area (Å²) in [5, 5.41) is 4.49. The second-order valence-electron chi connectivity index (χ2n) is 8.49. The molecule has 2 unspecified atom stereocenters. The first-order valence-corrected chi connectivity index (χ1v) is 9.87. The lowest BCUT2D eigenvalue weighted by atomic mass is 10.1. The van der Waals surface area contributed by atoms with Gasteiger partial charge in [-0.05, 0) is 55.7 Å². The average Bonchev–Trinajstić information content (AvgIpc) is 3.55. The van der Waals surface area contributed by atoms with Crippen LogP contribution in [0.4, 0.5) is 10.1 Å². The molecule has 6 rings (SSSR count). The van der Waals surface area contributed by atoms with Gasteiger partial charge in [-0.25, -0.2) is 8.91 Å². The van der Waals surface area contributed by atoms with Crippen LogP contribution in [-0.4, -0.2) is 51.8 Å². The minimum Gasteiger partial charge on any atom is -0.366 e. The van der Waals surface area contributed by atoms with E-state index in [9.17, 15) is 9.18 Å². The van der Waals surface area contributed by atoms with Crippen molar-refractivity contribution in [2.24, 2.45) is 5.92 Å². The molecule has 5 nitrogen and oxygen atoms in total. The van der Waals surface area contributed by atoms with Crippen LogP contribution in [-0.2, 0) is 4.79 Å². The Morgan fingerprint density at radius 2 is 1.88 bits per heavy atom. The first-order chi connectivity index (χ1) is 12.7. The Kier molecular flexibility index (Phi) is 3.00. The van der Waals surface area contributed by atoms with Gasteiger partial charge in [0.15, 0.2) is 0 Å². The molecule has 0 aromatic carbocycles. The van der Waals surface area contributed by atoms with Crippen molar-refractivity contribution in [2.75, 3.05) is 18.0 Å². The van der Waals surface area contributed by atoms with Gasteiger partial charge in [-0.2, -0.15) is 5.10 Å². The zero-order valence-corrected chi connectivity index (χ0v) is 14.7. The molecular weight excluding hydrogens is 331 g/mol. The number of piperazine rings is 1. The lowest BCUT2D eigenvalue weighted by Gasteiger charge is -2.42. The minimum atomic E-state index is -0.902. The topological polar surface area (TPSA) is 40.9 Å². The normalized spacial score (nSPS) is 33.1. The summed E-state index contributed by atoms with van der Waals surface area (Å²) in [5.74, 6) is 0.412. The fourth-order valence-electron chi connectivity index (χ4n) is 5.00. The number of rotatable bonds is 3. The van der Waals surface area contributed by atoms with E-state index in [0.717, 1.165) is 25.9 Å². The number of hydrogen-bond donors (Lipinski definition) is 0. The van der Waals surface area contributed by atoms with Crippen LogP contribution >= 0.6 is 0 Å². The van der Waals surface area contributed by atoms with Crippen molar-refractivity contribution < 1.29 is 9.18 Å². The number of fused-ring (bicyclic) bond motifs is 3. The predicted octanol–water partition coefficient (Wildman–Crippen LogP) is 2.75. The first kappa shape index (κ1) is 15.0. The predicted molar refractivity (Wildman–Crippen MR) is 96.0 cm³/mol. The molecular formula is C20H23FN4O. The Morgan fingerprint density at radius 3 is 2.54 bits per heavy atom. The van der Waals surface area contributed by atoms with Gasteiger partial charge in [-0.1, -0.05) is 0 Å². The van der Waals surface area contributed by atoms with Gasteiger partial charge in [0.1, 0.15) is 6.17 Å². The van der Waals surface area contributed by atoms with Gasteiger partial charge >= 0.3 is 0 Å². The number of carbonyl (C=O) groups is 1. The van der Waals surface area contributed by atoms with Crippen LogP contribution in [0.3, 0.4) is 0 Å². The van der Waals surface area contributed by atoms with Crippen molar-refractivity contribution in [3.8, 4) is 0 Å². The van der Waals surface area contributed by atoms with E-state index in [1.165, 1.54) is 29.6 Å². The molecule has 2 saturated carbocycles. The smallest absolute Gasteiger partial charge is 0.229 e. The fraction of sp³-hybridized carbons (Fsp3) is 0.600. The molecule has 1 amide bonds. The molecule has 0 radical (unpaired) electrons. The maximum absolute atomic E-state index is 13.4. The molecule has 26 heavy (non-hydrogen) atoms. The summed E-state index contributed by atoms with van der Waals surface area (Å²) in [6.07, 6.45) is 8.20. The van der Waals surface area contributed by atoms with Gasteiger partial charge in [0, 0.05) is 37.6 Å². The molecule has 136 valence electrons. The molecule has 0 N–H and O–H groups in total. The van der Waals surface area contributed by atoms with Crippen molar-refractivity contribution in [1.82, 2.24) is 14.5 Å². The highest BCUT2D eigenvalue weighted by Crippen LogP contribution is 2.43. The molecule has 2 aliphatic carbocycles. The van der Waals surface area contributed by atoms with Crippen molar-refractivity contribution >= 4 is 17.1 Å². The summed E-state index contributed by atoms with van der Waals surface area (Å²) in [7, 11) is 0. The Labute approximate surface area is 151 Å². The average molecular weight is 354 g/mol. The van der Waals surface area contributed by atoms with E-state index >= 15 is 0 Å². The molecule has 2 aliphatic heterocycles. The van der Waals surface area contributed by atoms with Gasteiger partial charge in [0.05, 0.1) is 17.1 Å². The lowest BCUT2D eigenvalue weighted by Crippen LogP contribution is -2.56. The van der Waals surface area contributed by atoms with Crippen molar-refractivity contribution in [1.29, 1.82) is 0 Å². The summed E-state index contributed by atoms with van der Waals surface area (Å²) in [6.45, 7) is 1.69. The Morgan fingerprint density at radius 1 is 1.15 bits per heavy atom. The summed E-state index contributed by atoms with van der Waals surface area (Å²) in [5.41, 5.74) is 3.77. The summed E-state index contributed by atoms with van der Waals surface area (Å²) in [6, 6.07) is 4.83. The van der Waals surface area contributed by atoms with Crippen LogP contribution in [0.5, 0.6) is 0 Å². The van der Waals surface area contributed by atoms with Crippen LogP contribution in [0.2, 0.25) is 0 Å². The third-order valence-electron chi connectivity index (χ3n) is 6.66. The highest BCUT2D eigenvalue weighted by molar-refractivity contribution is 5.84. The summed E-state index contributed by atoms with van der Waals surface area (Å²) < 4.78 is 15.4.